The van der Waals surface area contributed by atoms with Gasteiger partial charge in [0.05, 0.1) is 26.8 Å². The maximum absolute atomic E-state index is 13.0. The predicted octanol–water partition coefficient (Wildman–Crippen LogP) is -1.72. The number of carboxylic acid groups (broad SMARTS) is 1. The zero-order chi connectivity index (χ0) is 22.0. The molecule has 1 rings (SSSR count). The van der Waals surface area contributed by atoms with Gasteiger partial charge in [-0.2, -0.15) is 21.6 Å². The molecule has 8 radical (unpaired) electrons. The normalized spacial score (nSPS) is 13.1. The van der Waals surface area contributed by atoms with Gasteiger partial charge in [-0.3, -0.25) is 4.55 Å². The van der Waals surface area contributed by atoms with Gasteiger partial charge in [0.25, 0.3) is 10.1 Å². The lowest BCUT2D eigenvalue weighted by molar-refractivity contribution is -0.197. The van der Waals surface area contributed by atoms with Crippen LogP contribution < -0.4 is 10.9 Å². The molecule has 0 aliphatic heterocycles. The standard InChI is InChI=1S/C13H9B4F3O7S/c14-1-4-7(8(11(21)22)10(17)5(2-15)9(4)16)12(23)27-6(13(18,19)20)3-28(24,25)26/h6H,1-3H2,(H,21,22)(H,24,25,26). The number of ether oxygens (including phenoxy) is 1. The molecular formula is C13H9B4F3O7S. The zero-order valence-corrected chi connectivity index (χ0v) is 14.8. The first-order valence-electron chi connectivity index (χ1n) is 7.24. The summed E-state index contributed by atoms with van der Waals surface area (Å²) in [6.07, 6.45) is -9.65. The molecule has 2 N–H and O–H groups in total. The Morgan fingerprint density at radius 2 is 1.54 bits per heavy atom. The van der Waals surface area contributed by atoms with Gasteiger partial charge in [-0.15, -0.1) is 0 Å². The van der Waals surface area contributed by atoms with Crippen LogP contribution in [0.3, 0.4) is 0 Å². The van der Waals surface area contributed by atoms with Crippen LogP contribution in [0.4, 0.5) is 13.2 Å². The maximum Gasteiger partial charge on any atom is 0.426 e. The lowest BCUT2D eigenvalue weighted by Gasteiger charge is -2.24. The minimum Gasteiger partial charge on any atom is -0.478 e. The van der Waals surface area contributed by atoms with Gasteiger partial charge in [-0.05, 0) is 5.56 Å². The van der Waals surface area contributed by atoms with E-state index in [-0.39, 0.29) is 17.3 Å². The Kier molecular flexibility index (Phi) is 7.46. The number of benzene rings is 1. The molecule has 1 aromatic rings. The zero-order valence-electron chi connectivity index (χ0n) is 14.0. The number of hydrogen-bond acceptors (Lipinski definition) is 5. The third-order valence-corrected chi connectivity index (χ3v) is 4.32. The van der Waals surface area contributed by atoms with Crippen molar-refractivity contribution in [1.82, 2.24) is 0 Å². The van der Waals surface area contributed by atoms with E-state index in [1.54, 1.807) is 0 Å². The summed E-state index contributed by atoms with van der Waals surface area (Å²) in [4.78, 5) is 23.9. The number of carboxylic acids is 1. The van der Waals surface area contributed by atoms with Crippen LogP contribution in [0.25, 0.3) is 0 Å². The Balaban J connectivity index is 3.65. The molecule has 0 bridgehead atoms. The molecule has 0 saturated carbocycles. The molecule has 1 atom stereocenters. The first-order chi connectivity index (χ1) is 12.7. The van der Waals surface area contributed by atoms with Gasteiger partial charge in [0, 0.05) is 0 Å². The summed E-state index contributed by atoms with van der Waals surface area (Å²) in [5, 5.41) is 9.34. The molecule has 0 fully saturated rings. The van der Waals surface area contributed by atoms with E-state index in [0.717, 1.165) is 0 Å². The summed E-state index contributed by atoms with van der Waals surface area (Å²) in [6, 6.07) is 0. The Hall–Kier alpha value is -1.88. The molecule has 0 saturated heterocycles. The van der Waals surface area contributed by atoms with Gasteiger partial charge >= 0.3 is 18.1 Å². The lowest BCUT2D eigenvalue weighted by Crippen LogP contribution is -2.41. The van der Waals surface area contributed by atoms with Crippen molar-refractivity contribution in [2.24, 2.45) is 0 Å². The number of carbonyl (C=O) groups is 2. The van der Waals surface area contributed by atoms with Crippen LogP contribution in [-0.2, 0) is 27.5 Å². The second kappa shape index (κ2) is 8.64. The molecule has 1 aromatic carbocycles. The molecule has 142 valence electrons. The van der Waals surface area contributed by atoms with Crippen molar-refractivity contribution in [2.75, 3.05) is 5.75 Å². The summed E-state index contributed by atoms with van der Waals surface area (Å²) in [6.45, 7) is 0. The smallest absolute Gasteiger partial charge is 0.426 e. The highest BCUT2D eigenvalue weighted by molar-refractivity contribution is 7.85. The number of alkyl halides is 3. The molecule has 0 amide bonds. The largest absolute Gasteiger partial charge is 0.478 e. The molecule has 0 aromatic heterocycles. The number of carbonyl (C=O) groups excluding carboxylic acids is 1. The molecular weight excluding hydrogens is 400 g/mol. The Morgan fingerprint density at radius 1 is 1.04 bits per heavy atom. The summed E-state index contributed by atoms with van der Waals surface area (Å²) in [7, 11) is 17.0. The third-order valence-electron chi connectivity index (χ3n) is 3.60. The fraction of sp³-hybridized carbons (Fsp3) is 0.385. The monoisotopic (exact) mass is 410 g/mol. The number of hydrogen-bond donors (Lipinski definition) is 2. The highest BCUT2D eigenvalue weighted by atomic mass is 32.2. The molecule has 0 heterocycles. The van der Waals surface area contributed by atoms with E-state index in [1.165, 1.54) is 0 Å². The van der Waals surface area contributed by atoms with E-state index in [4.69, 9.17) is 35.9 Å². The fourth-order valence-electron chi connectivity index (χ4n) is 2.35. The van der Waals surface area contributed by atoms with Gasteiger partial charge in [0.1, 0.15) is 21.4 Å². The summed E-state index contributed by atoms with van der Waals surface area (Å²) in [5.41, 5.74) is -3.34. The van der Waals surface area contributed by atoms with E-state index >= 15 is 0 Å². The first-order valence-corrected chi connectivity index (χ1v) is 8.85. The highest BCUT2D eigenvalue weighted by Gasteiger charge is 2.46. The predicted molar refractivity (Wildman–Crippen MR) is 94.8 cm³/mol. The van der Waals surface area contributed by atoms with Crippen LogP contribution >= 0.6 is 0 Å². The number of halogens is 3. The summed E-state index contributed by atoms with van der Waals surface area (Å²) < 4.78 is 73.3. The van der Waals surface area contributed by atoms with Crippen molar-refractivity contribution < 1.29 is 45.6 Å². The van der Waals surface area contributed by atoms with E-state index in [9.17, 15) is 36.3 Å². The summed E-state index contributed by atoms with van der Waals surface area (Å²) in [5.74, 6) is -5.72. The van der Waals surface area contributed by atoms with Crippen LogP contribution in [0, 0.1) is 0 Å². The fourth-order valence-corrected chi connectivity index (χ4v) is 2.99. The SMILES string of the molecule is [B]Cc1c([B])c(C[B])c(C(=O)OC(CS(=O)(=O)O)C(F)(F)F)c(C(=O)O)c1[B]. The lowest BCUT2D eigenvalue weighted by atomic mass is 9.68. The minimum atomic E-state index is -5.40. The van der Waals surface area contributed by atoms with Crippen molar-refractivity contribution in [3.63, 3.8) is 0 Å². The molecule has 0 aliphatic rings. The molecule has 7 nitrogen and oxygen atoms in total. The Morgan fingerprint density at radius 3 is 1.89 bits per heavy atom. The average Bonchev–Trinajstić information content (AvgIpc) is 2.51. The topological polar surface area (TPSA) is 118 Å². The summed E-state index contributed by atoms with van der Waals surface area (Å²) >= 11 is 0. The van der Waals surface area contributed by atoms with Crippen LogP contribution in [0.1, 0.15) is 31.8 Å². The number of esters is 1. The highest BCUT2D eigenvalue weighted by Crippen LogP contribution is 2.26. The molecule has 0 aliphatic carbocycles. The van der Waals surface area contributed by atoms with Gasteiger partial charge in [-0.1, -0.05) is 29.1 Å². The molecule has 28 heavy (non-hydrogen) atoms. The van der Waals surface area contributed by atoms with E-state index in [1.807, 2.05) is 0 Å². The minimum absolute atomic E-state index is 0.0975. The van der Waals surface area contributed by atoms with Crippen LogP contribution in [0.5, 0.6) is 0 Å². The van der Waals surface area contributed by atoms with E-state index < -0.39 is 68.6 Å². The average molecular weight is 410 g/mol. The van der Waals surface area contributed by atoms with Crippen LogP contribution in [-0.4, -0.2) is 79.4 Å². The van der Waals surface area contributed by atoms with Gasteiger partial charge in [-0.25, -0.2) is 9.59 Å². The van der Waals surface area contributed by atoms with E-state index in [2.05, 4.69) is 4.74 Å². The van der Waals surface area contributed by atoms with Crippen molar-refractivity contribution in [3.05, 3.63) is 22.3 Å². The second-order valence-corrected chi connectivity index (χ2v) is 6.93. The van der Waals surface area contributed by atoms with Crippen molar-refractivity contribution >= 4 is 64.4 Å². The van der Waals surface area contributed by atoms with Gasteiger partial charge in [0.15, 0.2) is 0 Å². The third kappa shape index (κ3) is 5.34. The molecule has 1 unspecified atom stereocenters. The van der Waals surface area contributed by atoms with Gasteiger partial charge < -0.3 is 9.84 Å². The number of rotatable bonds is 7. The van der Waals surface area contributed by atoms with Crippen molar-refractivity contribution in [1.29, 1.82) is 0 Å². The first kappa shape index (κ1) is 24.2. The van der Waals surface area contributed by atoms with Crippen LogP contribution in [0.2, 0.25) is 0 Å². The number of aromatic carboxylic acids is 1. The second-order valence-electron chi connectivity index (χ2n) is 5.43. The van der Waals surface area contributed by atoms with Crippen molar-refractivity contribution in [3.8, 4) is 0 Å². The molecule has 0 spiro atoms. The van der Waals surface area contributed by atoms with E-state index in [0.29, 0.717) is 0 Å². The van der Waals surface area contributed by atoms with Crippen molar-refractivity contribution in [2.45, 2.75) is 24.9 Å². The van der Waals surface area contributed by atoms with Crippen LogP contribution in [0.15, 0.2) is 0 Å². The Bertz CT molecular complexity index is 903. The quantitative estimate of drug-likeness (QED) is 0.313. The maximum atomic E-state index is 13.0. The molecule has 15 heteroatoms. The van der Waals surface area contributed by atoms with Gasteiger partial charge in [0.2, 0.25) is 6.10 Å². The Labute approximate surface area is 163 Å².